The maximum Gasteiger partial charge on any atom is 0.191 e. The van der Waals surface area contributed by atoms with Gasteiger partial charge in [0.2, 0.25) is 0 Å². The van der Waals surface area contributed by atoms with Crippen molar-refractivity contribution in [2.75, 3.05) is 33.9 Å². The highest BCUT2D eigenvalue weighted by Gasteiger charge is 2.44. The van der Waals surface area contributed by atoms with E-state index in [4.69, 9.17) is 4.74 Å². The SMILES string of the molecule is CN=C(NCCCCCOC)NCC1(c2cccc(F)c2)CC1.I. The number of benzene rings is 1. The zero-order valence-electron chi connectivity index (χ0n) is 14.6. The van der Waals surface area contributed by atoms with Crippen LogP contribution in [0.5, 0.6) is 0 Å². The minimum Gasteiger partial charge on any atom is -0.385 e. The van der Waals surface area contributed by atoms with Gasteiger partial charge < -0.3 is 15.4 Å². The van der Waals surface area contributed by atoms with E-state index in [-0.39, 0.29) is 35.2 Å². The molecule has 0 heterocycles. The van der Waals surface area contributed by atoms with Gasteiger partial charge in [0.15, 0.2) is 5.96 Å². The fourth-order valence-electron chi connectivity index (χ4n) is 2.77. The minimum atomic E-state index is -0.160. The maximum absolute atomic E-state index is 13.4. The second-order valence-electron chi connectivity index (χ2n) is 6.20. The molecule has 136 valence electrons. The van der Waals surface area contributed by atoms with E-state index < -0.39 is 0 Å². The average molecular weight is 449 g/mol. The van der Waals surface area contributed by atoms with Crippen molar-refractivity contribution in [1.82, 2.24) is 10.6 Å². The Balaban J connectivity index is 0.00000288. The number of methoxy groups -OCH3 is 1. The van der Waals surface area contributed by atoms with Crippen molar-refractivity contribution in [2.45, 2.75) is 37.5 Å². The van der Waals surface area contributed by atoms with Crippen molar-refractivity contribution in [3.8, 4) is 0 Å². The van der Waals surface area contributed by atoms with Gasteiger partial charge in [-0.15, -0.1) is 24.0 Å². The highest BCUT2D eigenvalue weighted by Crippen LogP contribution is 2.47. The van der Waals surface area contributed by atoms with Crippen LogP contribution in [0.2, 0.25) is 0 Å². The molecule has 2 rings (SSSR count). The first-order valence-corrected chi connectivity index (χ1v) is 8.40. The number of hydrogen-bond donors (Lipinski definition) is 2. The number of hydrogen-bond acceptors (Lipinski definition) is 2. The van der Waals surface area contributed by atoms with E-state index in [1.165, 1.54) is 6.07 Å². The molecular weight excluding hydrogens is 420 g/mol. The smallest absolute Gasteiger partial charge is 0.191 e. The van der Waals surface area contributed by atoms with Gasteiger partial charge in [-0.1, -0.05) is 12.1 Å². The molecule has 1 aromatic rings. The van der Waals surface area contributed by atoms with E-state index in [9.17, 15) is 4.39 Å². The second-order valence-corrected chi connectivity index (χ2v) is 6.20. The van der Waals surface area contributed by atoms with Crippen LogP contribution in [0, 0.1) is 5.82 Å². The first kappa shape index (κ1) is 21.2. The van der Waals surface area contributed by atoms with Gasteiger partial charge in [-0.3, -0.25) is 4.99 Å². The molecule has 1 aliphatic rings. The lowest BCUT2D eigenvalue weighted by atomic mass is 9.96. The number of nitrogens with one attached hydrogen (secondary N) is 2. The third-order valence-corrected chi connectivity index (χ3v) is 4.43. The normalized spacial score (nSPS) is 15.5. The molecule has 1 aromatic carbocycles. The molecule has 0 atom stereocenters. The molecule has 4 nitrogen and oxygen atoms in total. The Kier molecular flexibility index (Phi) is 9.58. The van der Waals surface area contributed by atoms with Gasteiger partial charge in [0, 0.05) is 39.3 Å². The molecule has 0 amide bonds. The van der Waals surface area contributed by atoms with Gasteiger partial charge in [-0.2, -0.15) is 0 Å². The van der Waals surface area contributed by atoms with Gasteiger partial charge in [-0.05, 0) is 49.8 Å². The van der Waals surface area contributed by atoms with Crippen molar-refractivity contribution in [1.29, 1.82) is 0 Å². The number of halogens is 2. The molecule has 0 bridgehead atoms. The van der Waals surface area contributed by atoms with Gasteiger partial charge in [0.05, 0.1) is 0 Å². The van der Waals surface area contributed by atoms with E-state index >= 15 is 0 Å². The maximum atomic E-state index is 13.4. The van der Waals surface area contributed by atoms with Gasteiger partial charge >= 0.3 is 0 Å². The average Bonchev–Trinajstić information content (AvgIpc) is 3.35. The summed E-state index contributed by atoms with van der Waals surface area (Å²) < 4.78 is 18.5. The van der Waals surface area contributed by atoms with Crippen LogP contribution in [0.15, 0.2) is 29.3 Å². The van der Waals surface area contributed by atoms with Crippen LogP contribution in [0.1, 0.15) is 37.7 Å². The Morgan fingerprint density at radius 3 is 2.67 bits per heavy atom. The first-order valence-electron chi connectivity index (χ1n) is 8.40. The van der Waals surface area contributed by atoms with E-state index in [2.05, 4.69) is 15.6 Å². The van der Waals surface area contributed by atoms with Crippen LogP contribution in [-0.2, 0) is 10.2 Å². The zero-order chi connectivity index (χ0) is 16.5. The lowest BCUT2D eigenvalue weighted by molar-refractivity contribution is 0.192. The van der Waals surface area contributed by atoms with Crippen molar-refractivity contribution >= 4 is 29.9 Å². The number of aliphatic imine (C=N–C) groups is 1. The van der Waals surface area contributed by atoms with Crippen molar-refractivity contribution in [3.05, 3.63) is 35.6 Å². The summed E-state index contributed by atoms with van der Waals surface area (Å²) in [6, 6.07) is 6.96. The quantitative estimate of drug-likeness (QED) is 0.263. The van der Waals surface area contributed by atoms with E-state index in [1.54, 1.807) is 26.3 Å². The van der Waals surface area contributed by atoms with E-state index in [1.807, 2.05) is 6.07 Å². The Bertz CT molecular complexity index is 521. The Morgan fingerprint density at radius 1 is 1.25 bits per heavy atom. The number of nitrogens with zero attached hydrogens (tertiary/aromatic N) is 1. The van der Waals surface area contributed by atoms with E-state index in [0.717, 1.165) is 63.3 Å². The summed E-state index contributed by atoms with van der Waals surface area (Å²) >= 11 is 0. The third kappa shape index (κ3) is 6.55. The molecule has 1 saturated carbocycles. The molecular formula is C18H29FIN3O. The first-order chi connectivity index (χ1) is 11.2. The summed E-state index contributed by atoms with van der Waals surface area (Å²) in [6.07, 6.45) is 5.52. The topological polar surface area (TPSA) is 45.7 Å². The molecule has 0 aromatic heterocycles. The number of guanidine groups is 1. The lowest BCUT2D eigenvalue weighted by Crippen LogP contribution is -2.41. The summed E-state index contributed by atoms with van der Waals surface area (Å²) in [4.78, 5) is 4.26. The molecule has 0 saturated heterocycles. The van der Waals surface area contributed by atoms with Crippen molar-refractivity contribution < 1.29 is 9.13 Å². The Hall–Kier alpha value is -0.890. The van der Waals surface area contributed by atoms with Crippen LogP contribution >= 0.6 is 24.0 Å². The largest absolute Gasteiger partial charge is 0.385 e. The molecule has 0 unspecified atom stereocenters. The standard InChI is InChI=1S/C18H28FN3O.HI/c1-20-17(21-11-4-3-5-12-23-2)22-14-18(9-10-18)15-7-6-8-16(19)13-15;/h6-8,13H,3-5,9-12,14H2,1-2H3,(H2,20,21,22);1H. The van der Waals surface area contributed by atoms with Crippen LogP contribution < -0.4 is 10.6 Å². The molecule has 0 spiro atoms. The number of ether oxygens (including phenoxy) is 1. The van der Waals surface area contributed by atoms with Gasteiger partial charge in [0.25, 0.3) is 0 Å². The molecule has 0 aliphatic heterocycles. The highest BCUT2D eigenvalue weighted by molar-refractivity contribution is 14.0. The van der Waals surface area contributed by atoms with Gasteiger partial charge in [0.1, 0.15) is 5.82 Å². The fourth-order valence-corrected chi connectivity index (χ4v) is 2.77. The predicted molar refractivity (Wildman–Crippen MR) is 108 cm³/mol. The molecule has 0 radical (unpaired) electrons. The predicted octanol–water partition coefficient (Wildman–Crippen LogP) is 3.46. The van der Waals surface area contributed by atoms with Crippen molar-refractivity contribution in [2.24, 2.45) is 4.99 Å². The van der Waals surface area contributed by atoms with Gasteiger partial charge in [-0.25, -0.2) is 4.39 Å². The second kappa shape index (κ2) is 10.9. The summed E-state index contributed by atoms with van der Waals surface area (Å²) in [6.45, 7) is 2.51. The zero-order valence-corrected chi connectivity index (χ0v) is 16.9. The lowest BCUT2D eigenvalue weighted by Gasteiger charge is -2.19. The van der Waals surface area contributed by atoms with Crippen LogP contribution in [0.3, 0.4) is 0 Å². The summed E-state index contributed by atoms with van der Waals surface area (Å²) in [5, 5.41) is 6.72. The molecule has 1 fully saturated rings. The third-order valence-electron chi connectivity index (χ3n) is 4.43. The Labute approximate surface area is 161 Å². The summed E-state index contributed by atoms with van der Waals surface area (Å²) in [5.41, 5.74) is 1.15. The summed E-state index contributed by atoms with van der Waals surface area (Å²) in [5.74, 6) is 0.659. The van der Waals surface area contributed by atoms with Crippen LogP contribution in [-0.4, -0.2) is 39.8 Å². The highest BCUT2D eigenvalue weighted by atomic mass is 127. The fraction of sp³-hybridized carbons (Fsp3) is 0.611. The number of rotatable bonds is 9. The number of unbranched alkanes of at least 4 members (excludes halogenated alkanes) is 2. The minimum absolute atomic E-state index is 0. The summed E-state index contributed by atoms with van der Waals surface area (Å²) in [7, 11) is 3.51. The van der Waals surface area contributed by atoms with Crippen molar-refractivity contribution in [3.63, 3.8) is 0 Å². The Morgan fingerprint density at radius 2 is 2.04 bits per heavy atom. The van der Waals surface area contributed by atoms with Crippen LogP contribution in [0.4, 0.5) is 4.39 Å². The molecule has 1 aliphatic carbocycles. The molecule has 24 heavy (non-hydrogen) atoms. The molecule has 6 heteroatoms. The monoisotopic (exact) mass is 449 g/mol. The van der Waals surface area contributed by atoms with Crippen LogP contribution in [0.25, 0.3) is 0 Å². The van der Waals surface area contributed by atoms with E-state index in [0.29, 0.717) is 0 Å². The molecule has 2 N–H and O–H groups in total.